The standard InChI is InChI=1S/C18H17N7S/c1-5-19-6-2-11(1)17-23-15-13(14-4-8-21-25-14)10-26-16(15)18(24-17)22-12-3-7-20-9-12/h1-2,4-6,8,10,12,20H,3,7,9H2,(H,21,25)(H,22,23,24)/t12-/m1/s1. The van der Waals surface area contributed by atoms with E-state index in [0.717, 1.165) is 52.4 Å². The number of fused-ring (bicyclic) bond motifs is 1. The zero-order valence-electron chi connectivity index (χ0n) is 13.9. The molecule has 0 radical (unpaired) electrons. The van der Waals surface area contributed by atoms with Crippen LogP contribution in [0.3, 0.4) is 0 Å². The Labute approximate surface area is 153 Å². The van der Waals surface area contributed by atoms with Crippen molar-refractivity contribution >= 4 is 27.4 Å². The number of H-pyrrole nitrogens is 1. The van der Waals surface area contributed by atoms with Crippen LogP contribution in [0.2, 0.25) is 0 Å². The van der Waals surface area contributed by atoms with Crippen LogP contribution in [0.15, 0.2) is 42.2 Å². The summed E-state index contributed by atoms with van der Waals surface area (Å²) in [6.45, 7) is 1.99. The summed E-state index contributed by atoms with van der Waals surface area (Å²) >= 11 is 1.66. The van der Waals surface area contributed by atoms with Crippen molar-refractivity contribution in [3.05, 3.63) is 42.2 Å². The molecule has 1 saturated heterocycles. The lowest BCUT2D eigenvalue weighted by Crippen LogP contribution is -2.22. The van der Waals surface area contributed by atoms with Crippen molar-refractivity contribution in [2.45, 2.75) is 12.5 Å². The Morgan fingerprint density at radius 1 is 1.12 bits per heavy atom. The van der Waals surface area contributed by atoms with Gasteiger partial charge in [0, 0.05) is 47.7 Å². The average Bonchev–Trinajstić information content (AvgIpc) is 3.43. The molecule has 1 atom stereocenters. The fraction of sp³-hybridized carbons (Fsp3) is 0.222. The normalized spacial score (nSPS) is 17.0. The fourth-order valence-corrected chi connectivity index (χ4v) is 4.17. The van der Waals surface area contributed by atoms with Gasteiger partial charge in [-0.05, 0) is 31.2 Å². The van der Waals surface area contributed by atoms with Crippen molar-refractivity contribution in [1.29, 1.82) is 0 Å². The van der Waals surface area contributed by atoms with Crippen molar-refractivity contribution < 1.29 is 0 Å². The number of nitrogens with zero attached hydrogens (tertiary/aromatic N) is 4. The molecule has 130 valence electrons. The summed E-state index contributed by atoms with van der Waals surface area (Å²) in [5.74, 6) is 1.60. The maximum Gasteiger partial charge on any atom is 0.162 e. The maximum absolute atomic E-state index is 4.86. The zero-order valence-corrected chi connectivity index (χ0v) is 14.8. The van der Waals surface area contributed by atoms with Crippen molar-refractivity contribution in [1.82, 2.24) is 30.5 Å². The first-order chi connectivity index (χ1) is 12.9. The van der Waals surface area contributed by atoms with Crippen LogP contribution in [0.4, 0.5) is 5.82 Å². The van der Waals surface area contributed by atoms with Crippen molar-refractivity contribution in [2.75, 3.05) is 18.4 Å². The van der Waals surface area contributed by atoms with Crippen LogP contribution in [0.25, 0.3) is 32.9 Å². The highest BCUT2D eigenvalue weighted by molar-refractivity contribution is 7.18. The molecule has 3 N–H and O–H groups in total. The molecule has 26 heavy (non-hydrogen) atoms. The van der Waals surface area contributed by atoms with Crippen molar-refractivity contribution in [3.8, 4) is 22.6 Å². The van der Waals surface area contributed by atoms with Gasteiger partial charge >= 0.3 is 0 Å². The minimum absolute atomic E-state index is 0.385. The van der Waals surface area contributed by atoms with Gasteiger partial charge in [0.2, 0.25) is 0 Å². The molecular weight excluding hydrogens is 346 g/mol. The third kappa shape index (κ3) is 2.73. The summed E-state index contributed by atoms with van der Waals surface area (Å²) in [5.41, 5.74) is 3.91. The molecule has 0 amide bonds. The molecular formula is C18H17N7S. The minimum Gasteiger partial charge on any atom is -0.365 e. The predicted molar refractivity (Wildman–Crippen MR) is 103 cm³/mol. The molecule has 0 aliphatic carbocycles. The molecule has 8 heteroatoms. The van der Waals surface area contributed by atoms with E-state index in [0.29, 0.717) is 11.9 Å². The predicted octanol–water partition coefficient (Wildman–Crippen LogP) is 2.92. The summed E-state index contributed by atoms with van der Waals surface area (Å²) in [4.78, 5) is 13.8. The number of hydrogen-bond donors (Lipinski definition) is 3. The monoisotopic (exact) mass is 363 g/mol. The first-order valence-corrected chi connectivity index (χ1v) is 9.43. The SMILES string of the molecule is c1cc(-c2nc(N[C@@H]3CCNC3)c3scc(-c4ccn[nH]4)c3n2)ccn1. The topological polar surface area (TPSA) is 91.4 Å². The summed E-state index contributed by atoms with van der Waals surface area (Å²) in [5, 5.41) is 16.2. The number of anilines is 1. The molecule has 4 aromatic heterocycles. The number of nitrogens with one attached hydrogen (secondary N) is 3. The molecule has 1 aliphatic rings. The Morgan fingerprint density at radius 3 is 2.81 bits per heavy atom. The van der Waals surface area contributed by atoms with Crippen LogP contribution < -0.4 is 10.6 Å². The Morgan fingerprint density at radius 2 is 2.04 bits per heavy atom. The maximum atomic E-state index is 4.86. The van der Waals surface area contributed by atoms with Gasteiger partial charge < -0.3 is 10.6 Å². The molecule has 0 saturated carbocycles. The highest BCUT2D eigenvalue weighted by Gasteiger charge is 2.20. The van der Waals surface area contributed by atoms with E-state index >= 15 is 0 Å². The van der Waals surface area contributed by atoms with Crippen LogP contribution in [0.5, 0.6) is 0 Å². The number of pyridine rings is 1. The molecule has 5 heterocycles. The van der Waals surface area contributed by atoms with E-state index in [4.69, 9.17) is 9.97 Å². The molecule has 1 aliphatic heterocycles. The van der Waals surface area contributed by atoms with Crippen molar-refractivity contribution in [2.24, 2.45) is 0 Å². The van der Waals surface area contributed by atoms with E-state index in [1.807, 2.05) is 18.2 Å². The third-order valence-electron chi connectivity index (χ3n) is 4.55. The van der Waals surface area contributed by atoms with Crippen LogP contribution in [0, 0.1) is 0 Å². The zero-order chi connectivity index (χ0) is 17.3. The van der Waals surface area contributed by atoms with E-state index in [9.17, 15) is 0 Å². The molecule has 0 bridgehead atoms. The van der Waals surface area contributed by atoms with E-state index in [1.165, 1.54) is 0 Å². The smallest absolute Gasteiger partial charge is 0.162 e. The van der Waals surface area contributed by atoms with E-state index in [1.54, 1.807) is 29.9 Å². The van der Waals surface area contributed by atoms with Gasteiger partial charge in [0.1, 0.15) is 5.82 Å². The molecule has 7 nitrogen and oxygen atoms in total. The van der Waals surface area contributed by atoms with Crippen LogP contribution in [0.1, 0.15) is 6.42 Å². The highest BCUT2D eigenvalue weighted by atomic mass is 32.1. The number of aromatic amines is 1. The van der Waals surface area contributed by atoms with Gasteiger partial charge in [-0.1, -0.05) is 0 Å². The van der Waals surface area contributed by atoms with Gasteiger partial charge in [-0.2, -0.15) is 5.10 Å². The first kappa shape index (κ1) is 15.4. The molecule has 0 unspecified atom stereocenters. The van der Waals surface area contributed by atoms with Gasteiger partial charge in [0.05, 0.1) is 15.9 Å². The average molecular weight is 363 g/mol. The molecule has 1 fully saturated rings. The van der Waals surface area contributed by atoms with E-state index in [-0.39, 0.29) is 0 Å². The van der Waals surface area contributed by atoms with Gasteiger partial charge in [0.25, 0.3) is 0 Å². The number of thiophene rings is 1. The van der Waals surface area contributed by atoms with E-state index < -0.39 is 0 Å². The molecule has 0 aromatic carbocycles. The molecule has 0 spiro atoms. The third-order valence-corrected chi connectivity index (χ3v) is 5.52. The lowest BCUT2D eigenvalue weighted by Gasteiger charge is -2.14. The van der Waals surface area contributed by atoms with Gasteiger partial charge in [-0.25, -0.2) is 9.97 Å². The summed E-state index contributed by atoms with van der Waals surface area (Å²) in [6, 6.07) is 6.22. The van der Waals surface area contributed by atoms with Gasteiger partial charge in [0.15, 0.2) is 5.82 Å². The Kier molecular flexibility index (Phi) is 3.84. The minimum atomic E-state index is 0.385. The summed E-state index contributed by atoms with van der Waals surface area (Å²) < 4.78 is 1.07. The van der Waals surface area contributed by atoms with Crippen LogP contribution in [-0.2, 0) is 0 Å². The Bertz CT molecular complexity index is 1020. The second-order valence-corrected chi connectivity index (χ2v) is 7.14. The quantitative estimate of drug-likeness (QED) is 0.516. The lowest BCUT2D eigenvalue weighted by molar-refractivity contribution is 0.789. The van der Waals surface area contributed by atoms with Gasteiger partial charge in [-0.3, -0.25) is 10.1 Å². The number of hydrogen-bond acceptors (Lipinski definition) is 7. The van der Waals surface area contributed by atoms with Crippen LogP contribution >= 0.6 is 11.3 Å². The second kappa shape index (κ2) is 6.47. The first-order valence-electron chi connectivity index (χ1n) is 8.55. The molecule has 4 aromatic rings. The fourth-order valence-electron chi connectivity index (χ4n) is 3.21. The Hall–Kier alpha value is -2.84. The number of rotatable bonds is 4. The highest BCUT2D eigenvalue weighted by Crippen LogP contribution is 2.37. The molecule has 5 rings (SSSR count). The van der Waals surface area contributed by atoms with Gasteiger partial charge in [-0.15, -0.1) is 11.3 Å². The van der Waals surface area contributed by atoms with Crippen LogP contribution in [-0.4, -0.2) is 44.3 Å². The van der Waals surface area contributed by atoms with E-state index in [2.05, 4.69) is 31.2 Å². The van der Waals surface area contributed by atoms with Crippen molar-refractivity contribution in [3.63, 3.8) is 0 Å². The summed E-state index contributed by atoms with van der Waals surface area (Å²) in [6.07, 6.45) is 6.38. The Balaban J connectivity index is 1.68. The lowest BCUT2D eigenvalue weighted by atomic mass is 10.2. The largest absolute Gasteiger partial charge is 0.365 e. The number of aromatic nitrogens is 5. The summed E-state index contributed by atoms with van der Waals surface area (Å²) in [7, 11) is 0. The second-order valence-electron chi connectivity index (χ2n) is 6.26.